The summed E-state index contributed by atoms with van der Waals surface area (Å²) in [5.74, 6) is 0. The van der Waals surface area contributed by atoms with Gasteiger partial charge in [-0.2, -0.15) is 0 Å². The zero-order valence-electron chi connectivity index (χ0n) is 5.46. The summed E-state index contributed by atoms with van der Waals surface area (Å²) >= 11 is 5.88. The Morgan fingerprint density at radius 2 is 2.40 bits per heavy atom. The number of hydrogen-bond donors (Lipinski definition) is 2. The van der Waals surface area contributed by atoms with Gasteiger partial charge in [0.2, 0.25) is 0 Å². The molecule has 2 fully saturated rings. The first-order chi connectivity index (χ1) is 4.79. The van der Waals surface area contributed by atoms with Gasteiger partial charge in [0.1, 0.15) is 0 Å². The van der Waals surface area contributed by atoms with Crippen LogP contribution in [0.25, 0.3) is 0 Å². The maximum Gasteiger partial charge on any atom is 0.0952 e. The van der Waals surface area contributed by atoms with Gasteiger partial charge in [-0.15, -0.1) is 11.6 Å². The molecule has 2 saturated heterocycles. The summed E-state index contributed by atoms with van der Waals surface area (Å²) in [7, 11) is 0. The van der Waals surface area contributed by atoms with Gasteiger partial charge in [-0.3, -0.25) is 0 Å². The van der Waals surface area contributed by atoms with Crippen LogP contribution in [0.1, 0.15) is 0 Å². The van der Waals surface area contributed by atoms with E-state index in [2.05, 4.69) is 5.32 Å². The van der Waals surface area contributed by atoms with E-state index in [0.717, 1.165) is 6.54 Å². The number of fused-ring (bicyclic) bond motifs is 1. The maximum atomic E-state index is 9.27. The largest absolute Gasteiger partial charge is 0.389 e. The zero-order valence-corrected chi connectivity index (χ0v) is 6.21. The Morgan fingerprint density at radius 3 is 3.10 bits per heavy atom. The topological polar surface area (TPSA) is 41.5 Å². The minimum absolute atomic E-state index is 0.0247. The van der Waals surface area contributed by atoms with Crippen LogP contribution in [0.5, 0.6) is 0 Å². The molecule has 0 aromatic rings. The molecule has 0 spiro atoms. The van der Waals surface area contributed by atoms with Crippen LogP contribution < -0.4 is 5.32 Å². The molecule has 0 radical (unpaired) electrons. The van der Waals surface area contributed by atoms with Crippen LogP contribution in [-0.4, -0.2) is 41.9 Å². The Morgan fingerprint density at radius 1 is 1.60 bits per heavy atom. The summed E-state index contributed by atoms with van der Waals surface area (Å²) in [5.41, 5.74) is 0. The molecule has 0 saturated carbocycles. The third-order valence-corrected chi connectivity index (χ3v) is 2.54. The Kier molecular flexibility index (Phi) is 1.60. The third-order valence-electron chi connectivity index (χ3n) is 2.13. The lowest BCUT2D eigenvalue weighted by molar-refractivity contribution is 0.0890. The Bertz CT molecular complexity index is 128. The van der Waals surface area contributed by atoms with Crippen LogP contribution in [0.4, 0.5) is 0 Å². The standard InChI is InChI=1S/C6H10ClNO2/c7-3-1-8-5-4(9)2-10-6(3)5/h3-6,8-9H,1-2H2/t3?,4?,5?,6-/m1/s1. The Hall–Kier alpha value is 0.170. The highest BCUT2D eigenvalue weighted by Crippen LogP contribution is 2.25. The molecule has 2 N–H and O–H groups in total. The lowest BCUT2D eigenvalue weighted by atomic mass is 10.1. The summed E-state index contributed by atoms with van der Waals surface area (Å²) in [4.78, 5) is 0. The van der Waals surface area contributed by atoms with Crippen LogP contribution >= 0.6 is 11.6 Å². The van der Waals surface area contributed by atoms with Gasteiger partial charge in [-0.05, 0) is 0 Å². The molecule has 10 heavy (non-hydrogen) atoms. The molecule has 2 aliphatic rings. The highest BCUT2D eigenvalue weighted by molar-refractivity contribution is 6.21. The van der Waals surface area contributed by atoms with Crippen molar-refractivity contribution in [3.63, 3.8) is 0 Å². The predicted octanol–water partition coefficient (Wildman–Crippen LogP) is -0.675. The summed E-state index contributed by atoms with van der Waals surface area (Å²) in [5, 5.41) is 12.4. The average Bonchev–Trinajstić information content (AvgIpc) is 2.41. The van der Waals surface area contributed by atoms with Crippen LogP contribution in [0.15, 0.2) is 0 Å². The minimum Gasteiger partial charge on any atom is -0.389 e. The molecule has 0 aromatic carbocycles. The van der Waals surface area contributed by atoms with Crippen LogP contribution in [-0.2, 0) is 4.74 Å². The number of hydrogen-bond acceptors (Lipinski definition) is 3. The van der Waals surface area contributed by atoms with Gasteiger partial charge in [0.15, 0.2) is 0 Å². The molecule has 3 nitrogen and oxygen atoms in total. The number of alkyl halides is 1. The number of nitrogens with one attached hydrogen (secondary N) is 1. The normalized spacial score (nSPS) is 53.4. The van der Waals surface area contributed by atoms with Crippen LogP contribution in [0.3, 0.4) is 0 Å². The van der Waals surface area contributed by atoms with E-state index in [9.17, 15) is 5.11 Å². The van der Waals surface area contributed by atoms with Crippen molar-refractivity contribution in [3.8, 4) is 0 Å². The highest BCUT2D eigenvalue weighted by atomic mass is 35.5. The number of halogens is 1. The highest BCUT2D eigenvalue weighted by Gasteiger charge is 2.44. The van der Waals surface area contributed by atoms with E-state index in [1.54, 1.807) is 0 Å². The molecule has 58 valence electrons. The molecule has 2 heterocycles. The van der Waals surface area contributed by atoms with Crippen molar-refractivity contribution < 1.29 is 9.84 Å². The molecule has 2 aliphatic heterocycles. The van der Waals surface area contributed by atoms with Gasteiger partial charge in [-0.25, -0.2) is 0 Å². The van der Waals surface area contributed by atoms with E-state index in [0.29, 0.717) is 6.61 Å². The summed E-state index contributed by atoms with van der Waals surface area (Å²) in [6.07, 6.45) is -0.342. The molecule has 0 bridgehead atoms. The van der Waals surface area contributed by atoms with Gasteiger partial charge in [0.05, 0.1) is 30.2 Å². The first kappa shape index (κ1) is 6.85. The number of aliphatic hydroxyl groups is 1. The predicted molar refractivity (Wildman–Crippen MR) is 37.2 cm³/mol. The lowest BCUT2D eigenvalue weighted by Crippen LogP contribution is -2.36. The second-order valence-corrected chi connectivity index (χ2v) is 3.38. The van der Waals surface area contributed by atoms with Gasteiger partial charge < -0.3 is 15.2 Å². The summed E-state index contributed by atoms with van der Waals surface area (Å²) < 4.78 is 5.26. The first-order valence-corrected chi connectivity index (χ1v) is 3.90. The van der Waals surface area contributed by atoms with E-state index in [1.807, 2.05) is 0 Å². The van der Waals surface area contributed by atoms with Crippen molar-refractivity contribution in [1.29, 1.82) is 0 Å². The summed E-state index contributed by atoms with van der Waals surface area (Å²) in [6, 6.07) is 0.0718. The summed E-state index contributed by atoms with van der Waals surface area (Å²) in [6.45, 7) is 1.17. The smallest absolute Gasteiger partial charge is 0.0952 e. The molecule has 3 unspecified atom stereocenters. The van der Waals surface area contributed by atoms with Crippen molar-refractivity contribution in [3.05, 3.63) is 0 Å². The fraction of sp³-hybridized carbons (Fsp3) is 1.00. The minimum atomic E-state index is -0.367. The molecule has 4 heteroatoms. The van der Waals surface area contributed by atoms with Crippen molar-refractivity contribution in [2.24, 2.45) is 0 Å². The van der Waals surface area contributed by atoms with Crippen LogP contribution in [0, 0.1) is 0 Å². The number of rotatable bonds is 0. The van der Waals surface area contributed by atoms with Gasteiger partial charge >= 0.3 is 0 Å². The third kappa shape index (κ3) is 0.855. The van der Waals surface area contributed by atoms with Crippen molar-refractivity contribution in [1.82, 2.24) is 5.32 Å². The van der Waals surface area contributed by atoms with Crippen LogP contribution in [0.2, 0.25) is 0 Å². The average molecular weight is 164 g/mol. The van der Waals surface area contributed by atoms with Crippen molar-refractivity contribution >= 4 is 11.6 Å². The molecular weight excluding hydrogens is 154 g/mol. The maximum absolute atomic E-state index is 9.27. The fourth-order valence-corrected chi connectivity index (χ4v) is 1.90. The van der Waals surface area contributed by atoms with Gasteiger partial charge in [0.25, 0.3) is 0 Å². The van der Waals surface area contributed by atoms with E-state index < -0.39 is 0 Å². The molecular formula is C6H10ClNO2. The van der Waals surface area contributed by atoms with Crippen molar-refractivity contribution in [2.75, 3.05) is 13.2 Å². The zero-order chi connectivity index (χ0) is 7.14. The quantitative estimate of drug-likeness (QED) is 0.466. The van der Waals surface area contributed by atoms with E-state index >= 15 is 0 Å². The fourth-order valence-electron chi connectivity index (χ4n) is 1.58. The lowest BCUT2D eigenvalue weighted by Gasteiger charge is -2.10. The van der Waals surface area contributed by atoms with E-state index in [1.165, 1.54) is 0 Å². The molecule has 2 rings (SSSR count). The molecule has 0 aliphatic carbocycles. The second-order valence-electron chi connectivity index (χ2n) is 2.82. The van der Waals surface area contributed by atoms with E-state index in [4.69, 9.17) is 16.3 Å². The Labute approximate surface area is 64.3 Å². The molecule has 4 atom stereocenters. The second kappa shape index (κ2) is 2.34. The number of aliphatic hydroxyl groups excluding tert-OH is 1. The number of ether oxygens (including phenoxy) is 1. The molecule has 0 aromatic heterocycles. The van der Waals surface area contributed by atoms with E-state index in [-0.39, 0.29) is 23.6 Å². The van der Waals surface area contributed by atoms with Crippen molar-refractivity contribution in [2.45, 2.75) is 23.6 Å². The Balaban J connectivity index is 2.09. The SMILES string of the molecule is OC1CO[C@@H]2C(Cl)CNC12. The monoisotopic (exact) mass is 163 g/mol. The van der Waals surface area contributed by atoms with Gasteiger partial charge in [-0.1, -0.05) is 0 Å². The molecule has 0 amide bonds. The first-order valence-electron chi connectivity index (χ1n) is 3.46. The van der Waals surface area contributed by atoms with Gasteiger partial charge in [0, 0.05) is 6.54 Å².